The number of hydrogen-bond donors (Lipinski definition) is 2. The number of nitrogens with zero attached hydrogens (tertiary/aromatic N) is 1. The topological polar surface area (TPSA) is 75.0 Å². The molecule has 0 radical (unpaired) electrons. The number of carboxylic acids is 1. The number of fused-ring (bicyclic) bond motifs is 1. The quantitative estimate of drug-likeness (QED) is 0.841. The fraction of sp³-hybridized carbons (Fsp3) is 0.316. The van der Waals surface area contributed by atoms with Crippen molar-refractivity contribution in [1.82, 2.24) is 5.48 Å². The molecule has 1 fully saturated rings. The number of carbonyl (C=O) groups is 1. The standard InChI is InChI=1S/C19H20N2O3/c1-19(2)9-10-21(14-6-3-12(4-7-14)18(22)23)16-8-5-13(11-15(16)19)17-20-24-17/h3-8,11,17,20H,9-10H2,1-2H3,(H,22,23). The molecular weight excluding hydrogens is 304 g/mol. The normalized spacial score (nSPS) is 21.2. The molecule has 2 heterocycles. The minimum atomic E-state index is -0.900. The van der Waals surface area contributed by atoms with Gasteiger partial charge in [-0.25, -0.2) is 4.79 Å². The number of carboxylic acid groups (broad SMARTS) is 1. The van der Waals surface area contributed by atoms with Crippen LogP contribution >= 0.6 is 0 Å². The number of anilines is 2. The first-order chi connectivity index (χ1) is 11.5. The molecule has 124 valence electrons. The lowest BCUT2D eigenvalue weighted by molar-refractivity contribution is 0.0697. The van der Waals surface area contributed by atoms with Gasteiger partial charge in [0.05, 0.1) is 5.56 Å². The van der Waals surface area contributed by atoms with Gasteiger partial charge < -0.3 is 10.0 Å². The molecule has 0 bridgehead atoms. The Labute approximate surface area is 140 Å². The first kappa shape index (κ1) is 15.2. The zero-order valence-corrected chi connectivity index (χ0v) is 13.7. The highest BCUT2D eigenvalue weighted by Gasteiger charge is 2.34. The molecule has 5 heteroatoms. The number of rotatable bonds is 3. The van der Waals surface area contributed by atoms with Gasteiger partial charge in [0, 0.05) is 17.9 Å². The summed E-state index contributed by atoms with van der Waals surface area (Å²) in [6, 6.07) is 13.5. The van der Waals surface area contributed by atoms with Gasteiger partial charge in [0.2, 0.25) is 0 Å². The fourth-order valence-electron chi connectivity index (χ4n) is 3.36. The molecule has 2 N–H and O–H groups in total. The largest absolute Gasteiger partial charge is 0.478 e. The van der Waals surface area contributed by atoms with Crippen LogP contribution in [0.3, 0.4) is 0 Å². The second-order valence-electron chi connectivity index (χ2n) is 7.03. The van der Waals surface area contributed by atoms with E-state index in [4.69, 9.17) is 9.94 Å². The van der Waals surface area contributed by atoms with Gasteiger partial charge in [-0.05, 0) is 59.4 Å². The van der Waals surface area contributed by atoms with Gasteiger partial charge in [-0.3, -0.25) is 4.84 Å². The second kappa shape index (κ2) is 5.33. The third kappa shape index (κ3) is 2.56. The SMILES string of the molecule is CC1(C)CCN(c2ccc(C(=O)O)cc2)c2ccc(C3NO3)cc21. The van der Waals surface area contributed by atoms with Crippen LogP contribution in [-0.2, 0) is 10.3 Å². The average molecular weight is 324 g/mol. The molecule has 2 aliphatic rings. The molecule has 0 saturated carbocycles. The first-order valence-corrected chi connectivity index (χ1v) is 8.12. The molecule has 2 aromatic carbocycles. The molecular formula is C19H20N2O3. The van der Waals surface area contributed by atoms with Crippen LogP contribution in [0.5, 0.6) is 0 Å². The van der Waals surface area contributed by atoms with Crippen molar-refractivity contribution in [1.29, 1.82) is 0 Å². The van der Waals surface area contributed by atoms with Gasteiger partial charge in [-0.15, -0.1) is 0 Å². The van der Waals surface area contributed by atoms with Gasteiger partial charge in [0.1, 0.15) is 0 Å². The second-order valence-corrected chi connectivity index (χ2v) is 7.03. The lowest BCUT2D eigenvalue weighted by atomic mass is 9.77. The molecule has 24 heavy (non-hydrogen) atoms. The molecule has 1 atom stereocenters. The van der Waals surface area contributed by atoms with Gasteiger partial charge in [0.25, 0.3) is 0 Å². The summed E-state index contributed by atoms with van der Waals surface area (Å²) in [5.41, 5.74) is 7.92. The number of hydrogen-bond acceptors (Lipinski definition) is 4. The van der Waals surface area contributed by atoms with Crippen LogP contribution in [0.25, 0.3) is 0 Å². The summed E-state index contributed by atoms with van der Waals surface area (Å²) >= 11 is 0. The fourth-order valence-corrected chi connectivity index (χ4v) is 3.36. The Hall–Kier alpha value is -2.37. The lowest BCUT2D eigenvalue weighted by Crippen LogP contribution is -2.34. The summed E-state index contributed by atoms with van der Waals surface area (Å²) in [6.45, 7) is 5.44. The van der Waals surface area contributed by atoms with E-state index in [1.54, 1.807) is 12.1 Å². The molecule has 1 saturated heterocycles. The van der Waals surface area contributed by atoms with Gasteiger partial charge >= 0.3 is 5.97 Å². The van der Waals surface area contributed by atoms with E-state index in [0.29, 0.717) is 5.56 Å². The highest BCUT2D eigenvalue weighted by atomic mass is 16.8. The molecule has 0 aromatic heterocycles. The van der Waals surface area contributed by atoms with E-state index in [2.05, 4.69) is 42.4 Å². The number of hydroxylamine groups is 1. The smallest absolute Gasteiger partial charge is 0.335 e. The minimum Gasteiger partial charge on any atom is -0.478 e. The number of nitrogens with one attached hydrogen (secondary N) is 1. The van der Waals surface area contributed by atoms with Crippen molar-refractivity contribution < 1.29 is 14.7 Å². The van der Waals surface area contributed by atoms with Crippen molar-refractivity contribution in [3.05, 3.63) is 59.2 Å². The average Bonchev–Trinajstić information content (AvgIpc) is 3.40. The van der Waals surface area contributed by atoms with Crippen LogP contribution in [0.1, 0.15) is 48.0 Å². The summed E-state index contributed by atoms with van der Waals surface area (Å²) in [6.07, 6.45) is 1.04. The predicted molar refractivity (Wildman–Crippen MR) is 91.5 cm³/mol. The van der Waals surface area contributed by atoms with Gasteiger partial charge in [0.15, 0.2) is 6.23 Å². The van der Waals surface area contributed by atoms with Crippen molar-refractivity contribution in [2.24, 2.45) is 0 Å². The number of benzene rings is 2. The van der Waals surface area contributed by atoms with Crippen molar-refractivity contribution in [2.75, 3.05) is 11.4 Å². The molecule has 0 amide bonds. The van der Waals surface area contributed by atoms with Crippen LogP contribution < -0.4 is 10.4 Å². The highest BCUT2D eigenvalue weighted by molar-refractivity contribution is 5.88. The molecule has 2 aliphatic heterocycles. The Bertz CT molecular complexity index is 795. The third-order valence-corrected chi connectivity index (χ3v) is 4.97. The molecule has 4 rings (SSSR count). The first-order valence-electron chi connectivity index (χ1n) is 8.12. The molecule has 2 aromatic rings. The van der Waals surface area contributed by atoms with E-state index in [9.17, 15) is 4.79 Å². The zero-order valence-electron chi connectivity index (χ0n) is 13.7. The maximum atomic E-state index is 11.0. The van der Waals surface area contributed by atoms with Crippen LogP contribution in [0.2, 0.25) is 0 Å². The van der Waals surface area contributed by atoms with Crippen molar-refractivity contribution in [2.45, 2.75) is 31.9 Å². The zero-order chi connectivity index (χ0) is 16.9. The van der Waals surface area contributed by atoms with Crippen molar-refractivity contribution in [3.63, 3.8) is 0 Å². The van der Waals surface area contributed by atoms with E-state index < -0.39 is 5.97 Å². The highest BCUT2D eigenvalue weighted by Crippen LogP contribution is 2.44. The van der Waals surface area contributed by atoms with Gasteiger partial charge in [-0.2, -0.15) is 5.48 Å². The summed E-state index contributed by atoms with van der Waals surface area (Å²) < 4.78 is 0. The van der Waals surface area contributed by atoms with Crippen molar-refractivity contribution >= 4 is 17.3 Å². The molecule has 1 unspecified atom stereocenters. The summed E-state index contributed by atoms with van der Waals surface area (Å²) in [4.78, 5) is 18.5. The summed E-state index contributed by atoms with van der Waals surface area (Å²) in [5.74, 6) is -0.900. The van der Waals surface area contributed by atoms with Crippen LogP contribution in [-0.4, -0.2) is 17.6 Å². The molecule has 0 aliphatic carbocycles. The van der Waals surface area contributed by atoms with E-state index in [1.165, 1.54) is 11.3 Å². The van der Waals surface area contributed by atoms with Crippen molar-refractivity contribution in [3.8, 4) is 0 Å². The monoisotopic (exact) mass is 324 g/mol. The summed E-state index contributed by atoms with van der Waals surface area (Å²) in [7, 11) is 0. The van der Waals surface area contributed by atoms with Crippen LogP contribution in [0.4, 0.5) is 11.4 Å². The van der Waals surface area contributed by atoms with Crippen LogP contribution in [0.15, 0.2) is 42.5 Å². The minimum absolute atomic E-state index is 0.0105. The third-order valence-electron chi connectivity index (χ3n) is 4.97. The Morgan fingerprint density at radius 2 is 1.96 bits per heavy atom. The Morgan fingerprint density at radius 1 is 1.25 bits per heavy atom. The summed E-state index contributed by atoms with van der Waals surface area (Å²) in [5, 5.41) is 9.07. The van der Waals surface area contributed by atoms with E-state index in [-0.39, 0.29) is 11.6 Å². The molecule has 0 spiro atoms. The van der Waals surface area contributed by atoms with Crippen LogP contribution in [0, 0.1) is 0 Å². The number of aromatic carboxylic acids is 1. The van der Waals surface area contributed by atoms with E-state index in [0.717, 1.165) is 24.2 Å². The maximum Gasteiger partial charge on any atom is 0.335 e. The van der Waals surface area contributed by atoms with Gasteiger partial charge in [-0.1, -0.05) is 19.9 Å². The Kier molecular flexibility index (Phi) is 3.37. The van der Waals surface area contributed by atoms with E-state index >= 15 is 0 Å². The Balaban J connectivity index is 1.74. The van der Waals surface area contributed by atoms with E-state index in [1.807, 2.05) is 12.1 Å². The predicted octanol–water partition coefficient (Wildman–Crippen LogP) is 3.74. The molecule has 5 nitrogen and oxygen atoms in total. The maximum absolute atomic E-state index is 11.0. The Morgan fingerprint density at radius 3 is 2.58 bits per heavy atom. The lowest BCUT2D eigenvalue weighted by Gasteiger charge is -2.40.